The van der Waals surface area contributed by atoms with Crippen LogP contribution < -0.4 is 0 Å². The molecule has 1 heterocycles. The molecular weight excluding hydrogens is 321 g/mol. The first-order valence-electron chi connectivity index (χ1n) is 6.45. The summed E-state index contributed by atoms with van der Waals surface area (Å²) in [5, 5.41) is 2.61. The summed E-state index contributed by atoms with van der Waals surface area (Å²) in [5.74, 6) is 0. The van der Waals surface area contributed by atoms with Gasteiger partial charge in [0.15, 0.2) is 0 Å². The quantitative estimate of drug-likeness (QED) is 0.570. The summed E-state index contributed by atoms with van der Waals surface area (Å²) in [5.41, 5.74) is 1.26. The Balaban J connectivity index is 0.000000210. The van der Waals surface area contributed by atoms with Crippen molar-refractivity contribution in [1.29, 1.82) is 0 Å². The van der Waals surface area contributed by atoms with Crippen LogP contribution >= 0.6 is 0 Å². The number of rotatable bonds is 1. The molecule has 3 aromatic rings. The first-order valence-corrected chi connectivity index (χ1v) is 6.45. The standard InChI is InChI=1S/C13H10N.C5H5.Zr/c1-2-6-12-11(5-1)7-8-13(12)14-9-3-4-10-14;1-2-4-5-3-1;/h1-10H;1-3H,4H2;/q2*-1;+2. The van der Waals surface area contributed by atoms with Crippen LogP contribution in [0.4, 0.5) is 0 Å². The minimum atomic E-state index is 0. The van der Waals surface area contributed by atoms with Gasteiger partial charge >= 0.3 is 26.2 Å². The van der Waals surface area contributed by atoms with E-state index in [2.05, 4.69) is 65.5 Å². The van der Waals surface area contributed by atoms with Crippen molar-refractivity contribution in [3.8, 4) is 5.69 Å². The molecule has 1 aromatic heterocycles. The largest absolute Gasteiger partial charge is 2.00 e. The molecule has 0 saturated carbocycles. The predicted molar refractivity (Wildman–Crippen MR) is 80.4 cm³/mol. The number of fused-ring (bicyclic) bond motifs is 1. The molecule has 96 valence electrons. The summed E-state index contributed by atoms with van der Waals surface area (Å²) < 4.78 is 2.14. The van der Waals surface area contributed by atoms with Gasteiger partial charge in [-0.25, -0.2) is 12.2 Å². The topological polar surface area (TPSA) is 4.93 Å². The Labute approximate surface area is 138 Å². The molecule has 0 aliphatic heterocycles. The molecule has 2 heteroatoms. The third-order valence-electron chi connectivity index (χ3n) is 3.13. The van der Waals surface area contributed by atoms with Crippen molar-refractivity contribution in [3.05, 3.63) is 85.2 Å². The summed E-state index contributed by atoms with van der Waals surface area (Å²) >= 11 is 0. The van der Waals surface area contributed by atoms with E-state index in [9.17, 15) is 0 Å². The average Bonchev–Trinajstić information content (AvgIpc) is 3.21. The maximum Gasteiger partial charge on any atom is 2.00 e. The molecular formula is C18H15NZr. The molecule has 0 atom stereocenters. The van der Waals surface area contributed by atoms with Crippen LogP contribution in [-0.4, -0.2) is 4.57 Å². The SMILES string of the molecule is [C-]1=CC=CC1.[Zr+2].c1ccc2c(c1)cc[c-]2-n1cccc1. The summed E-state index contributed by atoms with van der Waals surface area (Å²) in [6, 6.07) is 16.9. The number of hydrogen-bond donors (Lipinski definition) is 0. The Bertz CT molecular complexity index is 692. The molecule has 4 rings (SSSR count). The number of hydrogen-bond acceptors (Lipinski definition) is 0. The fourth-order valence-corrected chi connectivity index (χ4v) is 2.19. The Kier molecular flexibility index (Phi) is 5.43. The molecule has 0 saturated heterocycles. The predicted octanol–water partition coefficient (Wildman–Crippen LogP) is 4.65. The van der Waals surface area contributed by atoms with E-state index in [1.54, 1.807) is 0 Å². The van der Waals surface area contributed by atoms with Crippen molar-refractivity contribution in [2.75, 3.05) is 0 Å². The van der Waals surface area contributed by atoms with E-state index in [4.69, 9.17) is 0 Å². The molecule has 2 aromatic carbocycles. The van der Waals surface area contributed by atoms with E-state index >= 15 is 0 Å². The Morgan fingerprint density at radius 3 is 2.45 bits per heavy atom. The molecule has 1 aliphatic rings. The monoisotopic (exact) mass is 335 g/mol. The first kappa shape index (κ1) is 14.9. The van der Waals surface area contributed by atoms with Crippen molar-refractivity contribution in [2.45, 2.75) is 6.42 Å². The summed E-state index contributed by atoms with van der Waals surface area (Å²) in [7, 11) is 0. The van der Waals surface area contributed by atoms with Gasteiger partial charge in [-0.15, -0.1) is 18.6 Å². The number of aromatic nitrogens is 1. The first-order chi connectivity index (χ1) is 9.45. The van der Waals surface area contributed by atoms with Crippen molar-refractivity contribution in [2.24, 2.45) is 0 Å². The minimum absolute atomic E-state index is 0. The third-order valence-corrected chi connectivity index (χ3v) is 3.13. The number of allylic oxidation sites excluding steroid dienone is 4. The van der Waals surface area contributed by atoms with Gasteiger partial charge in [-0.05, 0) is 18.1 Å². The van der Waals surface area contributed by atoms with Crippen molar-refractivity contribution >= 4 is 10.8 Å². The number of benzene rings is 1. The molecule has 1 aliphatic carbocycles. The zero-order chi connectivity index (χ0) is 12.9. The molecule has 1 nitrogen and oxygen atoms in total. The van der Waals surface area contributed by atoms with Gasteiger partial charge in [-0.2, -0.15) is 6.08 Å². The van der Waals surface area contributed by atoms with Crippen molar-refractivity contribution < 1.29 is 26.2 Å². The van der Waals surface area contributed by atoms with Crippen LogP contribution in [0.15, 0.2) is 79.2 Å². The minimum Gasteiger partial charge on any atom is -0.403 e. The van der Waals surface area contributed by atoms with Gasteiger partial charge in [0.2, 0.25) is 0 Å². The van der Waals surface area contributed by atoms with Gasteiger partial charge in [0.1, 0.15) is 0 Å². The van der Waals surface area contributed by atoms with Gasteiger partial charge in [-0.1, -0.05) is 47.2 Å². The van der Waals surface area contributed by atoms with Gasteiger partial charge in [0.25, 0.3) is 0 Å². The zero-order valence-corrected chi connectivity index (χ0v) is 13.6. The third kappa shape index (κ3) is 3.32. The van der Waals surface area contributed by atoms with Crippen LogP contribution in [0, 0.1) is 6.08 Å². The van der Waals surface area contributed by atoms with E-state index in [1.165, 1.54) is 16.5 Å². The fourth-order valence-electron chi connectivity index (χ4n) is 2.19. The molecule has 0 fully saturated rings. The second-order valence-electron chi connectivity index (χ2n) is 4.40. The average molecular weight is 337 g/mol. The summed E-state index contributed by atoms with van der Waals surface area (Å²) in [6.07, 6.45) is 14.1. The van der Waals surface area contributed by atoms with E-state index in [1.807, 2.05) is 24.3 Å². The Hall–Kier alpha value is -1.53. The maximum absolute atomic E-state index is 2.99. The molecule has 0 unspecified atom stereocenters. The summed E-state index contributed by atoms with van der Waals surface area (Å²) in [6.45, 7) is 0. The van der Waals surface area contributed by atoms with Crippen LogP contribution in [-0.2, 0) is 26.2 Å². The van der Waals surface area contributed by atoms with Crippen molar-refractivity contribution in [3.63, 3.8) is 0 Å². The van der Waals surface area contributed by atoms with Gasteiger partial charge in [0.05, 0.1) is 0 Å². The Morgan fingerprint density at radius 1 is 1.00 bits per heavy atom. The molecule has 0 N–H and O–H groups in total. The fraction of sp³-hybridized carbons (Fsp3) is 0.0556. The zero-order valence-electron chi connectivity index (χ0n) is 11.2. The van der Waals surface area contributed by atoms with Crippen LogP contribution in [0.25, 0.3) is 16.5 Å². The van der Waals surface area contributed by atoms with Gasteiger partial charge in [-0.3, -0.25) is 6.08 Å². The van der Waals surface area contributed by atoms with Crippen LogP contribution in [0.2, 0.25) is 0 Å². The smallest absolute Gasteiger partial charge is 0.403 e. The maximum atomic E-state index is 2.99. The van der Waals surface area contributed by atoms with Crippen molar-refractivity contribution in [1.82, 2.24) is 4.57 Å². The molecule has 0 amide bonds. The van der Waals surface area contributed by atoms with E-state index in [-0.39, 0.29) is 26.2 Å². The van der Waals surface area contributed by atoms with E-state index < -0.39 is 0 Å². The van der Waals surface area contributed by atoms with Crippen LogP contribution in [0.5, 0.6) is 0 Å². The Morgan fingerprint density at radius 2 is 1.80 bits per heavy atom. The normalized spacial score (nSPS) is 12.0. The summed E-state index contributed by atoms with van der Waals surface area (Å²) in [4.78, 5) is 0. The molecule has 0 spiro atoms. The van der Waals surface area contributed by atoms with Gasteiger partial charge < -0.3 is 4.57 Å². The molecule has 20 heavy (non-hydrogen) atoms. The molecule has 0 bridgehead atoms. The second kappa shape index (κ2) is 7.31. The van der Waals surface area contributed by atoms with Crippen LogP contribution in [0.3, 0.4) is 0 Å². The van der Waals surface area contributed by atoms with Crippen LogP contribution in [0.1, 0.15) is 6.42 Å². The van der Waals surface area contributed by atoms with E-state index in [0.717, 1.165) is 6.42 Å². The number of nitrogens with zero attached hydrogens (tertiary/aromatic N) is 1. The van der Waals surface area contributed by atoms with Gasteiger partial charge in [0, 0.05) is 0 Å². The van der Waals surface area contributed by atoms with E-state index in [0.29, 0.717) is 0 Å². The second-order valence-corrected chi connectivity index (χ2v) is 4.40. The molecule has 0 radical (unpaired) electrons.